The van der Waals surface area contributed by atoms with Gasteiger partial charge in [-0.15, -0.1) is 0 Å². The van der Waals surface area contributed by atoms with Crippen LogP contribution >= 0.6 is 0 Å². The molecule has 0 radical (unpaired) electrons. The highest BCUT2D eigenvalue weighted by Gasteiger charge is 2.34. The van der Waals surface area contributed by atoms with E-state index in [-0.39, 0.29) is 37.6 Å². The van der Waals surface area contributed by atoms with Gasteiger partial charge >= 0.3 is 5.97 Å². The number of rotatable bonds is 6. The van der Waals surface area contributed by atoms with Gasteiger partial charge in [-0.3, -0.25) is 24.2 Å². The highest BCUT2D eigenvalue weighted by molar-refractivity contribution is 6.16. The van der Waals surface area contributed by atoms with E-state index >= 15 is 0 Å². The summed E-state index contributed by atoms with van der Waals surface area (Å²) in [5.74, 6) is -0.434. The van der Waals surface area contributed by atoms with Gasteiger partial charge in [0.25, 0.3) is 5.91 Å². The van der Waals surface area contributed by atoms with Crippen LogP contribution in [0.3, 0.4) is 0 Å². The summed E-state index contributed by atoms with van der Waals surface area (Å²) < 4.78 is 10.7. The number of ether oxygens (including phenoxy) is 2. The summed E-state index contributed by atoms with van der Waals surface area (Å²) in [6, 6.07) is 10.6. The van der Waals surface area contributed by atoms with E-state index in [9.17, 15) is 14.4 Å². The molecule has 2 aromatic carbocycles. The van der Waals surface area contributed by atoms with Gasteiger partial charge in [-0.2, -0.15) is 0 Å². The number of carbonyl (C=O) groups is 3. The van der Waals surface area contributed by atoms with Gasteiger partial charge in [0, 0.05) is 5.56 Å². The zero-order chi connectivity index (χ0) is 22.7. The number of benzene rings is 2. The molecule has 1 aliphatic rings. The number of aryl methyl sites for hydroxylation is 2. The molecule has 7 nitrogen and oxygen atoms in total. The van der Waals surface area contributed by atoms with Crippen molar-refractivity contribution in [2.24, 2.45) is 0 Å². The number of esters is 1. The maximum absolute atomic E-state index is 13.3. The molecule has 0 spiro atoms. The Kier molecular flexibility index (Phi) is 6.63. The van der Waals surface area contributed by atoms with Crippen molar-refractivity contribution < 1.29 is 23.9 Å². The van der Waals surface area contributed by atoms with Crippen molar-refractivity contribution >= 4 is 29.2 Å². The number of carbonyl (C=O) groups excluding carboxylic acids is 3. The van der Waals surface area contributed by atoms with Gasteiger partial charge in [0.05, 0.1) is 24.1 Å². The molecule has 1 heterocycles. The van der Waals surface area contributed by atoms with Crippen molar-refractivity contribution in [1.29, 1.82) is 0 Å². The third-order valence-corrected chi connectivity index (χ3v) is 5.08. The number of amides is 2. The molecule has 0 saturated heterocycles. The van der Waals surface area contributed by atoms with E-state index in [1.165, 1.54) is 9.80 Å². The molecule has 2 aromatic rings. The largest absolute Gasteiger partial charge is 0.491 e. The molecule has 0 aliphatic carbocycles. The Balaban J connectivity index is 1.96. The Bertz CT molecular complexity index is 998. The first-order valence-electron chi connectivity index (χ1n) is 10.4. The minimum absolute atomic E-state index is 0.0322. The minimum Gasteiger partial charge on any atom is -0.491 e. The number of anilines is 2. The molecule has 0 unspecified atom stereocenters. The van der Waals surface area contributed by atoms with Crippen molar-refractivity contribution in [3.63, 3.8) is 0 Å². The van der Waals surface area contributed by atoms with Crippen LogP contribution in [-0.2, 0) is 14.3 Å². The molecule has 0 saturated carbocycles. The smallest absolute Gasteiger partial charge is 0.326 e. The van der Waals surface area contributed by atoms with Gasteiger partial charge in [0.1, 0.15) is 18.8 Å². The van der Waals surface area contributed by atoms with Gasteiger partial charge in [0.2, 0.25) is 5.91 Å². The maximum Gasteiger partial charge on any atom is 0.326 e. The number of fused-ring (bicyclic) bond motifs is 1. The van der Waals surface area contributed by atoms with E-state index in [2.05, 4.69) is 0 Å². The van der Waals surface area contributed by atoms with Crippen molar-refractivity contribution in [3.8, 4) is 5.75 Å². The van der Waals surface area contributed by atoms with Gasteiger partial charge in [-0.1, -0.05) is 0 Å². The molecule has 1 aliphatic heterocycles. The van der Waals surface area contributed by atoms with E-state index in [0.717, 1.165) is 11.1 Å². The predicted octanol–water partition coefficient (Wildman–Crippen LogP) is 3.65. The molecule has 0 atom stereocenters. The lowest BCUT2D eigenvalue weighted by molar-refractivity contribution is -0.142. The quantitative estimate of drug-likeness (QED) is 0.662. The van der Waals surface area contributed by atoms with Crippen LogP contribution in [0.25, 0.3) is 0 Å². The predicted molar refractivity (Wildman–Crippen MR) is 119 cm³/mol. The van der Waals surface area contributed by atoms with Crippen LogP contribution in [0.5, 0.6) is 5.75 Å². The lowest BCUT2D eigenvalue weighted by atomic mass is 10.0. The summed E-state index contributed by atoms with van der Waals surface area (Å²) >= 11 is 0. The van der Waals surface area contributed by atoms with Crippen LogP contribution in [0.15, 0.2) is 36.4 Å². The minimum atomic E-state index is -0.486. The maximum atomic E-state index is 13.3. The van der Waals surface area contributed by atoms with E-state index in [4.69, 9.17) is 9.47 Å². The average molecular weight is 424 g/mol. The van der Waals surface area contributed by atoms with Crippen LogP contribution in [0, 0.1) is 13.8 Å². The zero-order valence-corrected chi connectivity index (χ0v) is 18.6. The van der Waals surface area contributed by atoms with E-state index < -0.39 is 5.97 Å². The lowest BCUT2D eigenvalue weighted by Crippen LogP contribution is -2.50. The molecule has 0 bridgehead atoms. The van der Waals surface area contributed by atoms with E-state index in [1.54, 1.807) is 31.2 Å². The molecule has 3 rings (SSSR count). The monoisotopic (exact) mass is 424 g/mol. The summed E-state index contributed by atoms with van der Waals surface area (Å²) in [5, 5.41) is 0. The van der Waals surface area contributed by atoms with Crippen LogP contribution in [-0.4, -0.2) is 43.6 Å². The summed E-state index contributed by atoms with van der Waals surface area (Å²) in [6.45, 7) is 9.35. The summed E-state index contributed by atoms with van der Waals surface area (Å²) in [4.78, 5) is 41.1. The Morgan fingerprint density at radius 3 is 2.23 bits per heavy atom. The Labute approximate surface area is 182 Å². The second kappa shape index (κ2) is 9.20. The fourth-order valence-corrected chi connectivity index (χ4v) is 3.45. The van der Waals surface area contributed by atoms with Crippen LogP contribution < -0.4 is 14.5 Å². The highest BCUT2D eigenvalue weighted by atomic mass is 16.5. The Hall–Kier alpha value is -3.35. The Morgan fingerprint density at radius 1 is 1.03 bits per heavy atom. The van der Waals surface area contributed by atoms with E-state index in [0.29, 0.717) is 22.7 Å². The number of hydrogen-bond acceptors (Lipinski definition) is 5. The topological polar surface area (TPSA) is 76.2 Å². The average Bonchev–Trinajstić information content (AvgIpc) is 2.71. The molecule has 31 heavy (non-hydrogen) atoms. The van der Waals surface area contributed by atoms with E-state index in [1.807, 2.05) is 39.8 Å². The molecule has 0 aromatic heterocycles. The van der Waals surface area contributed by atoms with Crippen LogP contribution in [0.2, 0.25) is 0 Å². The molecule has 2 amide bonds. The Morgan fingerprint density at radius 2 is 1.65 bits per heavy atom. The van der Waals surface area contributed by atoms with Crippen molar-refractivity contribution in [2.45, 2.75) is 40.7 Å². The highest BCUT2D eigenvalue weighted by Crippen LogP contribution is 2.37. The molecular weight excluding hydrogens is 396 g/mol. The number of hydrogen-bond donors (Lipinski definition) is 0. The molecule has 7 heteroatoms. The van der Waals surface area contributed by atoms with Crippen molar-refractivity contribution in [3.05, 3.63) is 53.1 Å². The standard InChI is InChI=1S/C24H28N2O5/c1-6-30-23(28)14-25-20-11-16(4)17(5)12-21(20)26(13-22(25)27)24(29)18-7-9-19(10-8-18)31-15(2)3/h7-12,15H,6,13-14H2,1-5H3. The number of nitrogens with zero attached hydrogens (tertiary/aromatic N) is 2. The SMILES string of the molecule is CCOC(=O)CN1C(=O)CN(C(=O)c2ccc(OC(C)C)cc2)c2cc(C)c(C)cc21. The van der Waals surface area contributed by atoms with Crippen molar-refractivity contribution in [1.82, 2.24) is 0 Å². The summed E-state index contributed by atoms with van der Waals surface area (Å²) in [6.07, 6.45) is 0.0322. The fraction of sp³-hybridized carbons (Fsp3) is 0.375. The van der Waals surface area contributed by atoms with Gasteiger partial charge in [-0.05, 0) is 82.1 Å². The first-order chi connectivity index (χ1) is 14.7. The summed E-state index contributed by atoms with van der Waals surface area (Å²) in [5.41, 5.74) is 3.53. The van der Waals surface area contributed by atoms with Gasteiger partial charge < -0.3 is 9.47 Å². The van der Waals surface area contributed by atoms with Crippen molar-refractivity contribution in [2.75, 3.05) is 29.5 Å². The lowest BCUT2D eigenvalue weighted by Gasteiger charge is -2.36. The normalized spacial score (nSPS) is 13.3. The van der Waals surface area contributed by atoms with Crippen LogP contribution in [0.4, 0.5) is 11.4 Å². The van der Waals surface area contributed by atoms with Gasteiger partial charge in [0.15, 0.2) is 0 Å². The molecular formula is C24H28N2O5. The zero-order valence-electron chi connectivity index (χ0n) is 18.6. The van der Waals surface area contributed by atoms with Crippen LogP contribution in [0.1, 0.15) is 42.3 Å². The second-order valence-corrected chi connectivity index (χ2v) is 7.79. The third kappa shape index (κ3) is 4.87. The second-order valence-electron chi connectivity index (χ2n) is 7.79. The summed E-state index contributed by atoms with van der Waals surface area (Å²) in [7, 11) is 0. The molecule has 0 fully saturated rings. The molecule has 164 valence electrons. The third-order valence-electron chi connectivity index (χ3n) is 5.08. The van der Waals surface area contributed by atoms with Gasteiger partial charge in [-0.25, -0.2) is 0 Å². The first-order valence-corrected chi connectivity index (χ1v) is 10.4. The first kappa shape index (κ1) is 22.3. The fourth-order valence-electron chi connectivity index (χ4n) is 3.45. The molecule has 0 N–H and O–H groups in total.